The second-order valence-corrected chi connectivity index (χ2v) is 6.15. The predicted molar refractivity (Wildman–Crippen MR) is 110 cm³/mol. The van der Waals surface area contributed by atoms with Crippen LogP contribution in [0.25, 0.3) is 0 Å². The van der Waals surface area contributed by atoms with Gasteiger partial charge in [-0.3, -0.25) is 0 Å². The molecule has 1 aromatic rings. The van der Waals surface area contributed by atoms with Crippen molar-refractivity contribution in [2.45, 2.75) is 24.8 Å². The average Bonchev–Trinajstić information content (AvgIpc) is 2.79. The summed E-state index contributed by atoms with van der Waals surface area (Å²) in [5.74, 6) is -1.91. The Morgan fingerprint density at radius 1 is 0.844 bits per heavy atom. The molecule has 1 aromatic carbocycles. The molecule has 0 fully saturated rings. The van der Waals surface area contributed by atoms with E-state index in [-0.39, 0.29) is 10.9 Å². The monoisotopic (exact) mass is 454 g/mol. The molecule has 0 saturated carbocycles. The number of benzene rings is 1. The van der Waals surface area contributed by atoms with E-state index in [0.717, 1.165) is 12.2 Å². The van der Waals surface area contributed by atoms with E-state index in [1.807, 2.05) is 0 Å². The van der Waals surface area contributed by atoms with Crippen LogP contribution in [0.1, 0.15) is 0 Å². The maximum Gasteiger partial charge on any atom is 0.497 e. The second-order valence-electron chi connectivity index (χ2n) is 6.15. The number of carbonyl (C=O) groups is 2. The average molecular weight is 454 g/mol. The number of esters is 2. The zero-order valence-corrected chi connectivity index (χ0v) is 16.9. The molecule has 0 aliphatic heterocycles. The topological polar surface area (TPSA) is 192 Å². The summed E-state index contributed by atoms with van der Waals surface area (Å²) >= 11 is 0. The third-order valence-electron chi connectivity index (χ3n) is 3.90. The smallest absolute Gasteiger partial charge is 0.451 e. The van der Waals surface area contributed by atoms with E-state index in [2.05, 4.69) is 13.2 Å². The van der Waals surface area contributed by atoms with E-state index in [0.29, 0.717) is 0 Å². The maximum absolute atomic E-state index is 11.4. The van der Waals surface area contributed by atoms with Crippen LogP contribution in [-0.4, -0.2) is 94.7 Å². The summed E-state index contributed by atoms with van der Waals surface area (Å²) in [5.41, 5.74) is 0.223. The van der Waals surface area contributed by atoms with Crippen molar-refractivity contribution in [1.29, 1.82) is 0 Å². The Morgan fingerprint density at radius 3 is 1.53 bits per heavy atom. The molecule has 4 unspecified atom stereocenters. The minimum atomic E-state index is -1.97. The molecule has 0 spiro atoms. The van der Waals surface area contributed by atoms with Crippen LogP contribution in [0.5, 0.6) is 0 Å². The van der Waals surface area contributed by atoms with Gasteiger partial charge in [0.1, 0.15) is 0 Å². The van der Waals surface area contributed by atoms with Crippen LogP contribution in [0.2, 0.25) is 0 Å². The van der Waals surface area contributed by atoms with Crippen LogP contribution in [0.3, 0.4) is 0 Å². The lowest BCUT2D eigenvalue weighted by Crippen LogP contribution is -2.50. The second kappa shape index (κ2) is 13.8. The molecular formula is C18H24B2O12. The third kappa shape index (κ3) is 8.53. The van der Waals surface area contributed by atoms with E-state index < -0.39 is 64.2 Å². The SMILES string of the molecule is C=CC(=O)OC(CO)C(O)OB(OC(O)C(CO)OC(=O)C=C)c1ccc(B(O)O)cc1. The van der Waals surface area contributed by atoms with Crippen molar-refractivity contribution in [1.82, 2.24) is 0 Å². The van der Waals surface area contributed by atoms with Crippen LogP contribution in [0.4, 0.5) is 0 Å². The molecule has 32 heavy (non-hydrogen) atoms. The van der Waals surface area contributed by atoms with Gasteiger partial charge in [-0.05, 0) is 10.9 Å². The summed E-state index contributed by atoms with van der Waals surface area (Å²) in [6.45, 7) is 4.68. The molecule has 12 nitrogen and oxygen atoms in total. The number of hydrogen-bond acceptors (Lipinski definition) is 12. The fourth-order valence-electron chi connectivity index (χ4n) is 2.21. The Kier molecular flexibility index (Phi) is 11.8. The van der Waals surface area contributed by atoms with Gasteiger partial charge in [-0.15, -0.1) is 0 Å². The Labute approximate surface area is 184 Å². The number of ether oxygens (including phenoxy) is 2. The molecule has 0 bridgehead atoms. The summed E-state index contributed by atoms with van der Waals surface area (Å²) in [4.78, 5) is 22.7. The fourth-order valence-corrected chi connectivity index (χ4v) is 2.21. The molecule has 1 rings (SSSR count). The number of aliphatic hydroxyl groups excluding tert-OH is 4. The van der Waals surface area contributed by atoms with Gasteiger partial charge in [-0.25, -0.2) is 9.59 Å². The quantitative estimate of drug-likeness (QED) is 0.0691. The molecule has 0 heterocycles. The first-order valence-corrected chi connectivity index (χ1v) is 9.17. The Balaban J connectivity index is 3.11. The van der Waals surface area contributed by atoms with Gasteiger partial charge in [0.15, 0.2) is 24.8 Å². The number of rotatable bonds is 14. The van der Waals surface area contributed by atoms with Gasteiger partial charge in [0.05, 0.1) is 13.2 Å². The van der Waals surface area contributed by atoms with E-state index in [1.54, 1.807) is 0 Å². The first kappa shape index (κ1) is 27.5. The maximum atomic E-state index is 11.4. The highest BCUT2D eigenvalue weighted by Gasteiger charge is 2.35. The summed E-state index contributed by atoms with van der Waals surface area (Å²) < 4.78 is 20.0. The fraction of sp³-hybridized carbons (Fsp3) is 0.333. The third-order valence-corrected chi connectivity index (χ3v) is 3.90. The molecular weight excluding hydrogens is 430 g/mol. The van der Waals surface area contributed by atoms with Crippen LogP contribution in [-0.2, 0) is 28.4 Å². The Morgan fingerprint density at radius 2 is 1.22 bits per heavy atom. The molecule has 0 aliphatic rings. The van der Waals surface area contributed by atoms with Crippen molar-refractivity contribution in [2.24, 2.45) is 0 Å². The Hall–Kier alpha value is -2.55. The van der Waals surface area contributed by atoms with E-state index in [4.69, 9.17) is 18.8 Å². The largest absolute Gasteiger partial charge is 0.497 e. The Bertz CT molecular complexity index is 719. The number of aliphatic hydroxyl groups is 4. The lowest BCUT2D eigenvalue weighted by Gasteiger charge is -2.28. The van der Waals surface area contributed by atoms with Gasteiger partial charge in [0.2, 0.25) is 0 Å². The van der Waals surface area contributed by atoms with Gasteiger partial charge in [-0.1, -0.05) is 37.4 Å². The van der Waals surface area contributed by atoms with Crippen molar-refractivity contribution in [2.75, 3.05) is 13.2 Å². The lowest BCUT2D eigenvalue weighted by atomic mass is 9.74. The van der Waals surface area contributed by atoms with Gasteiger partial charge < -0.3 is 49.3 Å². The van der Waals surface area contributed by atoms with Crippen LogP contribution in [0.15, 0.2) is 49.6 Å². The molecule has 6 N–H and O–H groups in total. The number of hydrogen-bond donors (Lipinski definition) is 6. The summed E-state index contributed by atoms with van der Waals surface area (Å²) in [6.07, 6.45) is -5.46. The molecule has 4 atom stereocenters. The highest BCUT2D eigenvalue weighted by molar-refractivity contribution is 6.62. The van der Waals surface area contributed by atoms with Crippen LogP contribution < -0.4 is 10.9 Å². The molecule has 0 radical (unpaired) electrons. The standard InChI is InChI=1S/C18H24B2O12/c1-3-15(23)29-13(9-21)17(25)31-20(12-7-5-11(6-8-12)19(27)28)32-18(26)14(10-22)30-16(24)4-2/h3-8,13-14,17-18,21-22,25-28H,1-2,9-10H2. The zero-order valence-electron chi connectivity index (χ0n) is 16.9. The van der Waals surface area contributed by atoms with E-state index >= 15 is 0 Å². The molecule has 0 aromatic heterocycles. The first-order chi connectivity index (χ1) is 15.2. The highest BCUT2D eigenvalue weighted by atomic mass is 16.7. The van der Waals surface area contributed by atoms with Crippen molar-refractivity contribution in [3.63, 3.8) is 0 Å². The molecule has 174 valence electrons. The van der Waals surface area contributed by atoms with Crippen LogP contribution >= 0.6 is 0 Å². The highest BCUT2D eigenvalue weighted by Crippen LogP contribution is 2.10. The molecule has 0 aliphatic carbocycles. The van der Waals surface area contributed by atoms with Gasteiger partial charge in [-0.2, -0.15) is 0 Å². The van der Waals surface area contributed by atoms with E-state index in [1.165, 1.54) is 24.3 Å². The lowest BCUT2D eigenvalue weighted by molar-refractivity contribution is -0.186. The normalized spacial score (nSPS) is 14.4. The predicted octanol–water partition coefficient (Wildman–Crippen LogP) is -4.09. The summed E-state index contributed by atoms with van der Waals surface area (Å²) in [5, 5.41) is 57.6. The minimum absolute atomic E-state index is 0.106. The molecule has 0 saturated heterocycles. The number of carbonyl (C=O) groups excluding carboxylic acids is 2. The van der Waals surface area contributed by atoms with Crippen molar-refractivity contribution in [3.8, 4) is 0 Å². The van der Waals surface area contributed by atoms with Crippen molar-refractivity contribution < 1.29 is 58.8 Å². The molecule has 14 heteroatoms. The van der Waals surface area contributed by atoms with E-state index in [9.17, 15) is 40.1 Å². The minimum Gasteiger partial charge on any atom is -0.451 e. The zero-order chi connectivity index (χ0) is 24.3. The van der Waals surface area contributed by atoms with Gasteiger partial charge in [0, 0.05) is 12.2 Å². The van der Waals surface area contributed by atoms with Crippen molar-refractivity contribution in [3.05, 3.63) is 49.6 Å². The van der Waals surface area contributed by atoms with Crippen molar-refractivity contribution >= 4 is 37.1 Å². The van der Waals surface area contributed by atoms with Crippen LogP contribution in [0, 0.1) is 0 Å². The van der Waals surface area contributed by atoms with Gasteiger partial charge >= 0.3 is 26.2 Å². The molecule has 0 amide bonds. The summed E-state index contributed by atoms with van der Waals surface area (Å²) in [6, 6.07) is 5.15. The van der Waals surface area contributed by atoms with Gasteiger partial charge in [0.25, 0.3) is 0 Å². The first-order valence-electron chi connectivity index (χ1n) is 9.17. The summed E-state index contributed by atoms with van der Waals surface area (Å²) in [7, 11) is -3.40.